The number of hydrogen-bond donors (Lipinski definition) is 3. The molecule has 0 fully saturated rings. The molecule has 4 aromatic rings. The minimum Gasteiger partial charge on any atom is -0.382 e. The minimum absolute atomic E-state index is 0.160. The third-order valence-corrected chi connectivity index (χ3v) is 4.99. The summed E-state index contributed by atoms with van der Waals surface area (Å²) in [5.41, 5.74) is 0.901. The van der Waals surface area contributed by atoms with Gasteiger partial charge >= 0.3 is 6.18 Å². The van der Waals surface area contributed by atoms with Crippen molar-refractivity contribution in [3.63, 3.8) is 0 Å². The molecular formula is C22H15F6N5O2. The minimum atomic E-state index is -5.11. The third kappa shape index (κ3) is 4.25. The second-order valence-corrected chi connectivity index (χ2v) is 7.23. The lowest BCUT2D eigenvalue weighted by molar-refractivity contribution is -0.142. The zero-order valence-electron chi connectivity index (χ0n) is 20.2. The number of amides is 1. The van der Waals surface area contributed by atoms with E-state index in [0.717, 1.165) is 24.3 Å². The molecule has 0 saturated carbocycles. The molecule has 2 aromatic carbocycles. The molecule has 7 nitrogen and oxygen atoms in total. The summed E-state index contributed by atoms with van der Waals surface area (Å²) in [5.74, 6) is -7.22. The highest BCUT2D eigenvalue weighted by Gasteiger charge is 2.36. The highest BCUT2D eigenvalue weighted by molar-refractivity contribution is 5.95. The van der Waals surface area contributed by atoms with Crippen LogP contribution >= 0.6 is 0 Å². The number of alkyl halides is 3. The predicted octanol–water partition coefficient (Wildman–Crippen LogP) is 4.40. The molecule has 4 N–H and O–H groups in total. The summed E-state index contributed by atoms with van der Waals surface area (Å²) >= 11 is 0. The van der Waals surface area contributed by atoms with Gasteiger partial charge in [-0.1, -0.05) is 12.1 Å². The fourth-order valence-electron chi connectivity index (χ4n) is 3.39. The Morgan fingerprint density at radius 3 is 2.60 bits per heavy atom. The summed E-state index contributed by atoms with van der Waals surface area (Å²) in [6, 6.07) is 5.95. The van der Waals surface area contributed by atoms with Gasteiger partial charge in [-0.25, -0.2) is 23.1 Å². The average molecular weight is 498 g/mol. The number of nitrogen functional groups attached to an aromatic ring is 1. The lowest BCUT2D eigenvalue weighted by atomic mass is 10.1. The lowest BCUT2D eigenvalue weighted by Crippen LogP contribution is -2.21. The average Bonchev–Trinajstić information content (AvgIpc) is 3.22. The molecule has 1 atom stereocenters. The molecule has 13 heteroatoms. The van der Waals surface area contributed by atoms with Crippen LogP contribution in [0.3, 0.4) is 0 Å². The predicted molar refractivity (Wildman–Crippen MR) is 112 cm³/mol. The third-order valence-electron chi connectivity index (χ3n) is 4.99. The largest absolute Gasteiger partial charge is 0.433 e. The Kier molecular flexibility index (Phi) is 4.97. The molecule has 0 aliphatic rings. The van der Waals surface area contributed by atoms with Crippen LogP contribution in [0.2, 0.25) is 0 Å². The number of aliphatic hydroxyl groups excluding tert-OH is 1. The summed E-state index contributed by atoms with van der Waals surface area (Å²) in [4.78, 5) is 19.4. The number of nitrogens with one attached hydrogen (secondary N) is 1. The summed E-state index contributed by atoms with van der Waals surface area (Å²) in [6.45, 7) is -3.23. The first-order valence-corrected chi connectivity index (χ1v) is 9.58. The fraction of sp³-hybridized carbons (Fsp3) is 0.136. The molecule has 0 spiro atoms. The van der Waals surface area contributed by atoms with E-state index < -0.39 is 82.3 Å². The summed E-state index contributed by atoms with van der Waals surface area (Å²) in [5, 5.41) is 12.0. The van der Waals surface area contributed by atoms with Crippen molar-refractivity contribution in [2.24, 2.45) is 0 Å². The number of aromatic nitrogens is 3. The normalized spacial score (nSPS) is 14.3. The Balaban J connectivity index is 1.82. The highest BCUT2D eigenvalue weighted by atomic mass is 19.4. The Morgan fingerprint density at radius 2 is 1.94 bits per heavy atom. The molecule has 35 heavy (non-hydrogen) atoms. The van der Waals surface area contributed by atoms with Gasteiger partial charge in [0.25, 0.3) is 5.91 Å². The van der Waals surface area contributed by atoms with Crippen molar-refractivity contribution >= 4 is 22.9 Å². The number of nitrogens with two attached hydrogens (primary N) is 1. The van der Waals surface area contributed by atoms with Crippen molar-refractivity contribution in [1.82, 2.24) is 14.4 Å². The molecule has 1 amide bonds. The van der Waals surface area contributed by atoms with Gasteiger partial charge in [-0.15, -0.1) is 0 Å². The molecule has 2 heterocycles. The lowest BCUT2D eigenvalue weighted by Gasteiger charge is -2.14. The van der Waals surface area contributed by atoms with Crippen molar-refractivity contribution < 1.29 is 40.4 Å². The van der Waals surface area contributed by atoms with Crippen LogP contribution in [-0.2, 0) is 11.0 Å². The van der Waals surface area contributed by atoms with E-state index in [9.17, 15) is 31.9 Å². The molecule has 0 aliphatic carbocycles. The summed E-state index contributed by atoms with van der Waals surface area (Å²) in [6.07, 6.45) is -6.79. The molecule has 4 rings (SSSR count). The molecule has 182 valence electrons. The van der Waals surface area contributed by atoms with Crippen molar-refractivity contribution in [2.75, 3.05) is 11.1 Å². The number of aliphatic hydroxyl groups is 1. The van der Waals surface area contributed by atoms with Gasteiger partial charge in [0.2, 0.25) is 0 Å². The smallest absolute Gasteiger partial charge is 0.382 e. The maximum Gasteiger partial charge on any atom is 0.433 e. The molecule has 2 aromatic heterocycles. The van der Waals surface area contributed by atoms with Gasteiger partial charge in [0.1, 0.15) is 34.4 Å². The molecule has 0 bridgehead atoms. The first-order valence-electron chi connectivity index (χ1n) is 11.1. The van der Waals surface area contributed by atoms with E-state index in [1.807, 2.05) is 5.32 Å². The van der Waals surface area contributed by atoms with Crippen molar-refractivity contribution in [1.29, 1.82) is 0 Å². The Labute approximate surface area is 197 Å². The number of benzene rings is 2. The molecule has 0 radical (unpaired) electrons. The van der Waals surface area contributed by atoms with Crippen LogP contribution in [0.25, 0.3) is 16.8 Å². The van der Waals surface area contributed by atoms with Crippen LogP contribution in [0.5, 0.6) is 0 Å². The van der Waals surface area contributed by atoms with E-state index in [1.54, 1.807) is 0 Å². The quantitative estimate of drug-likeness (QED) is 0.362. The van der Waals surface area contributed by atoms with Crippen molar-refractivity contribution in [3.8, 4) is 11.3 Å². The summed E-state index contributed by atoms with van der Waals surface area (Å²) < 4.78 is 107. The van der Waals surface area contributed by atoms with Crippen LogP contribution in [0.1, 0.15) is 27.3 Å². The van der Waals surface area contributed by atoms with E-state index in [-0.39, 0.29) is 16.2 Å². The zero-order chi connectivity index (χ0) is 28.2. The topological polar surface area (TPSA) is 106 Å². The standard InChI is InChI=1S/C22H15F6N5O2/c1-9-31-17(18-20(29)30-8-14(33(9)18)22(26,27)28)12-5-6-13(16(25)15(12)24)32-21(35)19(34)10-3-2-4-11(23)7-10/h2-8,19,34H,1H3,(H2,29,30)(H,32,35)/t19-/m0/s1/i1D3. The second-order valence-electron chi connectivity index (χ2n) is 7.23. The molecule has 0 aliphatic heterocycles. The Bertz CT molecular complexity index is 1570. The zero-order valence-corrected chi connectivity index (χ0v) is 17.2. The van der Waals surface area contributed by atoms with Crippen molar-refractivity contribution in [3.05, 3.63) is 77.1 Å². The van der Waals surface area contributed by atoms with Crippen LogP contribution < -0.4 is 11.1 Å². The number of aryl methyl sites for hydroxylation is 1. The highest BCUT2D eigenvalue weighted by Crippen LogP contribution is 2.37. The maximum atomic E-state index is 15.2. The van der Waals surface area contributed by atoms with E-state index in [4.69, 9.17) is 9.85 Å². The van der Waals surface area contributed by atoms with Gasteiger partial charge < -0.3 is 16.2 Å². The Morgan fingerprint density at radius 1 is 1.20 bits per heavy atom. The number of carbonyl (C=O) groups is 1. The van der Waals surface area contributed by atoms with Crippen LogP contribution in [0.15, 0.2) is 42.6 Å². The number of halogens is 6. The first kappa shape index (κ1) is 20.3. The van der Waals surface area contributed by atoms with Gasteiger partial charge in [0, 0.05) is 9.68 Å². The number of nitrogens with zero attached hydrogens (tertiary/aromatic N) is 3. The fourth-order valence-corrected chi connectivity index (χ4v) is 3.39. The van der Waals surface area contributed by atoms with Gasteiger partial charge in [0.15, 0.2) is 17.7 Å². The molecular weight excluding hydrogens is 480 g/mol. The van der Waals surface area contributed by atoms with E-state index >= 15 is 4.39 Å². The second kappa shape index (κ2) is 8.58. The van der Waals surface area contributed by atoms with Gasteiger partial charge in [-0.2, -0.15) is 13.2 Å². The number of fused-ring (bicyclic) bond motifs is 1. The number of anilines is 2. The van der Waals surface area contributed by atoms with Gasteiger partial charge in [-0.05, 0) is 36.7 Å². The van der Waals surface area contributed by atoms with Gasteiger partial charge in [0.05, 0.1) is 11.9 Å². The molecule has 0 unspecified atom stereocenters. The monoisotopic (exact) mass is 498 g/mol. The first-order chi connectivity index (χ1) is 17.6. The number of hydrogen-bond acceptors (Lipinski definition) is 5. The van der Waals surface area contributed by atoms with Crippen LogP contribution in [-0.4, -0.2) is 25.4 Å². The Hall–Kier alpha value is -4.13. The van der Waals surface area contributed by atoms with E-state index in [1.165, 1.54) is 12.1 Å². The number of carbonyl (C=O) groups excluding carboxylic acids is 1. The van der Waals surface area contributed by atoms with Crippen LogP contribution in [0.4, 0.5) is 37.8 Å². The summed E-state index contributed by atoms with van der Waals surface area (Å²) in [7, 11) is 0. The number of imidazole rings is 1. The number of rotatable bonds is 4. The van der Waals surface area contributed by atoms with Crippen molar-refractivity contribution in [2.45, 2.75) is 19.1 Å². The maximum absolute atomic E-state index is 15.2. The van der Waals surface area contributed by atoms with E-state index in [0.29, 0.717) is 0 Å². The SMILES string of the molecule is [2H]C([2H])([2H])c1nc(-c2ccc(NC(=O)[C@@H](O)c3cccc(F)c3)c(F)c2F)c2c(N)ncc(C(F)(F)F)n12. The molecule has 0 saturated heterocycles. The van der Waals surface area contributed by atoms with E-state index in [2.05, 4.69) is 9.97 Å². The van der Waals surface area contributed by atoms with Gasteiger partial charge in [-0.3, -0.25) is 9.20 Å². The van der Waals surface area contributed by atoms with Crippen LogP contribution in [0, 0.1) is 24.3 Å².